The second kappa shape index (κ2) is 9.65. The molecule has 0 aliphatic heterocycles. The number of thiocarbonyl (C=S) groups is 1. The number of thioether (sulfide) groups is 1. The molecule has 0 saturated carbocycles. The number of rotatable bonds is 7. The fourth-order valence-corrected chi connectivity index (χ4v) is 3.05. The molecule has 0 unspecified atom stereocenters. The van der Waals surface area contributed by atoms with Gasteiger partial charge >= 0.3 is 0 Å². The molecule has 2 aromatic carbocycles. The van der Waals surface area contributed by atoms with Crippen LogP contribution in [0.15, 0.2) is 48.5 Å². The Balaban J connectivity index is 1.63. The van der Waals surface area contributed by atoms with Crippen molar-refractivity contribution in [1.82, 2.24) is 5.32 Å². The number of nitrogens with one attached hydrogen (secondary N) is 2. The number of methoxy groups -OCH3 is 1. The molecule has 2 rings (SSSR count). The zero-order valence-electron chi connectivity index (χ0n) is 12.8. The first kappa shape index (κ1) is 17.9. The van der Waals surface area contributed by atoms with E-state index in [4.69, 9.17) is 28.6 Å². The molecule has 0 spiro atoms. The summed E-state index contributed by atoms with van der Waals surface area (Å²) in [6, 6.07) is 15.6. The standard InChI is InChI=1S/C17H19ClN2OS2/c1-21-16-4-2-3-15(11-16)20-17(22)19-9-10-23-12-13-5-7-14(18)8-6-13/h2-8,11H,9-10,12H2,1H3,(H2,19,20,22). The smallest absolute Gasteiger partial charge is 0.170 e. The van der Waals surface area contributed by atoms with Crippen molar-refractivity contribution in [2.45, 2.75) is 5.75 Å². The summed E-state index contributed by atoms with van der Waals surface area (Å²) in [6.45, 7) is 0.814. The lowest BCUT2D eigenvalue weighted by atomic mass is 10.2. The number of hydrogen-bond donors (Lipinski definition) is 2. The van der Waals surface area contributed by atoms with E-state index in [1.165, 1.54) is 5.56 Å². The summed E-state index contributed by atoms with van der Waals surface area (Å²) in [6.07, 6.45) is 0. The first-order valence-corrected chi connectivity index (χ1v) is 9.12. The lowest BCUT2D eigenvalue weighted by molar-refractivity contribution is 0.415. The molecule has 6 heteroatoms. The molecule has 3 nitrogen and oxygen atoms in total. The molecule has 0 saturated heterocycles. The molecule has 0 atom stereocenters. The van der Waals surface area contributed by atoms with Crippen molar-refractivity contribution in [2.75, 3.05) is 24.7 Å². The quantitative estimate of drug-likeness (QED) is 0.554. The average Bonchev–Trinajstić information content (AvgIpc) is 2.56. The van der Waals surface area contributed by atoms with E-state index in [1.54, 1.807) is 7.11 Å². The van der Waals surface area contributed by atoms with Gasteiger partial charge in [0.05, 0.1) is 7.11 Å². The maximum absolute atomic E-state index is 5.87. The van der Waals surface area contributed by atoms with Crippen LogP contribution >= 0.6 is 35.6 Å². The van der Waals surface area contributed by atoms with Crippen LogP contribution in [0.3, 0.4) is 0 Å². The number of anilines is 1. The van der Waals surface area contributed by atoms with Crippen molar-refractivity contribution in [3.63, 3.8) is 0 Å². The van der Waals surface area contributed by atoms with Gasteiger partial charge in [0.15, 0.2) is 5.11 Å². The SMILES string of the molecule is COc1cccc(NC(=S)NCCSCc2ccc(Cl)cc2)c1. The molecule has 0 heterocycles. The van der Waals surface area contributed by atoms with Gasteiger partial charge in [-0.3, -0.25) is 0 Å². The summed E-state index contributed by atoms with van der Waals surface area (Å²) in [7, 11) is 1.65. The Hall–Kier alpha value is -1.43. The van der Waals surface area contributed by atoms with Gasteiger partial charge < -0.3 is 15.4 Å². The van der Waals surface area contributed by atoms with E-state index in [-0.39, 0.29) is 0 Å². The van der Waals surface area contributed by atoms with Crippen molar-refractivity contribution >= 4 is 46.4 Å². The van der Waals surface area contributed by atoms with E-state index < -0.39 is 0 Å². The van der Waals surface area contributed by atoms with Crippen molar-refractivity contribution in [2.24, 2.45) is 0 Å². The van der Waals surface area contributed by atoms with E-state index >= 15 is 0 Å². The normalized spacial score (nSPS) is 10.2. The van der Waals surface area contributed by atoms with E-state index in [9.17, 15) is 0 Å². The minimum atomic E-state index is 0.616. The molecule has 0 amide bonds. The van der Waals surface area contributed by atoms with Gasteiger partial charge in [0, 0.05) is 34.8 Å². The lowest BCUT2D eigenvalue weighted by Gasteiger charge is -2.11. The molecule has 2 aromatic rings. The predicted molar refractivity (Wildman–Crippen MR) is 105 cm³/mol. The van der Waals surface area contributed by atoms with Gasteiger partial charge in [0.2, 0.25) is 0 Å². The van der Waals surface area contributed by atoms with Crippen LogP contribution < -0.4 is 15.4 Å². The van der Waals surface area contributed by atoms with Crippen molar-refractivity contribution in [3.8, 4) is 5.75 Å². The van der Waals surface area contributed by atoms with E-state index in [0.29, 0.717) is 5.11 Å². The van der Waals surface area contributed by atoms with Crippen LogP contribution in [0.1, 0.15) is 5.56 Å². The van der Waals surface area contributed by atoms with Gasteiger partial charge in [-0.2, -0.15) is 11.8 Å². The summed E-state index contributed by atoms with van der Waals surface area (Å²) in [5.41, 5.74) is 2.19. The van der Waals surface area contributed by atoms with Gasteiger partial charge in [-0.1, -0.05) is 29.8 Å². The number of hydrogen-bond acceptors (Lipinski definition) is 3. The summed E-state index contributed by atoms with van der Waals surface area (Å²) >= 11 is 13.0. The fourth-order valence-electron chi connectivity index (χ4n) is 1.88. The maximum atomic E-state index is 5.87. The van der Waals surface area contributed by atoms with Gasteiger partial charge in [-0.15, -0.1) is 0 Å². The average molecular weight is 367 g/mol. The van der Waals surface area contributed by atoms with Crippen LogP contribution in [-0.4, -0.2) is 24.5 Å². The summed E-state index contributed by atoms with van der Waals surface area (Å²) in [4.78, 5) is 0. The topological polar surface area (TPSA) is 33.3 Å². The van der Waals surface area contributed by atoms with Gasteiger partial charge in [-0.25, -0.2) is 0 Å². The van der Waals surface area contributed by atoms with Crippen molar-refractivity contribution < 1.29 is 4.74 Å². The highest BCUT2D eigenvalue weighted by Gasteiger charge is 1.99. The highest BCUT2D eigenvalue weighted by atomic mass is 35.5. The second-order valence-corrected chi connectivity index (χ2v) is 6.74. The molecule has 0 fully saturated rings. The number of benzene rings is 2. The molecule has 0 radical (unpaired) electrons. The zero-order chi connectivity index (χ0) is 16.5. The van der Waals surface area contributed by atoms with Crippen LogP contribution in [-0.2, 0) is 5.75 Å². The van der Waals surface area contributed by atoms with Gasteiger partial charge in [0.25, 0.3) is 0 Å². The number of ether oxygens (including phenoxy) is 1. The Morgan fingerprint density at radius 3 is 2.74 bits per heavy atom. The highest BCUT2D eigenvalue weighted by molar-refractivity contribution is 7.98. The monoisotopic (exact) mass is 366 g/mol. The predicted octanol–water partition coefficient (Wildman–Crippen LogP) is 4.57. The Labute approximate surface area is 151 Å². The van der Waals surface area contributed by atoms with Crippen LogP contribution in [0.25, 0.3) is 0 Å². The third-order valence-corrected chi connectivity index (χ3v) is 4.57. The van der Waals surface area contributed by atoms with Crippen LogP contribution in [0.5, 0.6) is 5.75 Å². The van der Waals surface area contributed by atoms with Crippen LogP contribution in [0.4, 0.5) is 5.69 Å². The second-order valence-electron chi connectivity index (χ2n) is 4.79. The summed E-state index contributed by atoms with van der Waals surface area (Å²) in [5.74, 6) is 2.74. The Kier molecular flexibility index (Phi) is 7.52. The lowest BCUT2D eigenvalue weighted by Crippen LogP contribution is -2.30. The highest BCUT2D eigenvalue weighted by Crippen LogP contribution is 2.17. The van der Waals surface area contributed by atoms with E-state index in [2.05, 4.69) is 22.8 Å². The Morgan fingerprint density at radius 1 is 1.22 bits per heavy atom. The largest absolute Gasteiger partial charge is 0.497 e. The first-order valence-electron chi connectivity index (χ1n) is 7.18. The minimum Gasteiger partial charge on any atom is -0.497 e. The first-order chi connectivity index (χ1) is 11.2. The molecular formula is C17H19ClN2OS2. The molecule has 122 valence electrons. The fraction of sp³-hybridized carbons (Fsp3) is 0.235. The van der Waals surface area contributed by atoms with E-state index in [0.717, 1.165) is 34.5 Å². The Morgan fingerprint density at radius 2 is 2.00 bits per heavy atom. The molecule has 0 bridgehead atoms. The summed E-state index contributed by atoms with van der Waals surface area (Å²) < 4.78 is 5.18. The van der Waals surface area contributed by atoms with Crippen molar-refractivity contribution in [3.05, 3.63) is 59.1 Å². The zero-order valence-corrected chi connectivity index (χ0v) is 15.2. The summed E-state index contributed by atoms with van der Waals surface area (Å²) in [5, 5.41) is 7.74. The third-order valence-electron chi connectivity index (χ3n) is 3.04. The third kappa shape index (κ3) is 6.69. The molecule has 0 aliphatic rings. The molecule has 2 N–H and O–H groups in total. The van der Waals surface area contributed by atoms with E-state index in [1.807, 2.05) is 48.2 Å². The van der Waals surface area contributed by atoms with Crippen molar-refractivity contribution in [1.29, 1.82) is 0 Å². The maximum Gasteiger partial charge on any atom is 0.170 e. The Bertz CT molecular complexity index is 635. The van der Waals surface area contributed by atoms with Gasteiger partial charge in [0.1, 0.15) is 5.75 Å². The molecule has 0 aromatic heterocycles. The molecule has 0 aliphatic carbocycles. The number of halogens is 1. The van der Waals surface area contributed by atoms with Gasteiger partial charge in [-0.05, 0) is 42.0 Å². The van der Waals surface area contributed by atoms with Crippen LogP contribution in [0.2, 0.25) is 5.02 Å². The molecule has 23 heavy (non-hydrogen) atoms. The van der Waals surface area contributed by atoms with Crippen LogP contribution in [0, 0.1) is 0 Å². The minimum absolute atomic E-state index is 0.616. The molecular weight excluding hydrogens is 348 g/mol.